The average molecular weight is 421 g/mol. The number of ether oxygens (including phenoxy) is 1. The van der Waals surface area contributed by atoms with Crippen molar-refractivity contribution in [2.24, 2.45) is 0 Å². The average Bonchev–Trinajstić information content (AvgIpc) is 2.62. The van der Waals surface area contributed by atoms with Crippen LogP contribution in [0.5, 0.6) is 5.88 Å². The quantitative estimate of drug-likeness (QED) is 0.668. The summed E-state index contributed by atoms with van der Waals surface area (Å²) in [5, 5.41) is 3.51. The minimum Gasteiger partial charge on any atom is -0.478 e. The second-order valence-corrected chi connectivity index (χ2v) is 7.41. The first-order valence-corrected chi connectivity index (χ1v) is 9.72. The van der Waals surface area contributed by atoms with Crippen LogP contribution in [-0.2, 0) is 15.8 Å². The number of hydrogen-bond acceptors (Lipinski definition) is 6. The van der Waals surface area contributed by atoms with E-state index in [4.69, 9.17) is 27.9 Å². The van der Waals surface area contributed by atoms with Gasteiger partial charge < -0.3 is 10.1 Å². The molecule has 0 saturated heterocycles. The van der Waals surface area contributed by atoms with Crippen LogP contribution in [-0.4, -0.2) is 40.0 Å². The first-order chi connectivity index (χ1) is 12.0. The third-order valence-corrected chi connectivity index (χ3v) is 5.80. The van der Waals surface area contributed by atoms with E-state index >= 15 is 0 Å². The summed E-state index contributed by atoms with van der Waals surface area (Å²) in [5.41, 5.74) is 0. The second kappa shape index (κ2) is 9.23. The van der Waals surface area contributed by atoms with Crippen LogP contribution in [0.1, 0.15) is 0 Å². The minimum absolute atomic E-state index is 0.135. The Morgan fingerprint density at radius 1 is 1.40 bits per heavy atom. The normalized spacial score (nSPS) is 11.7. The molecular weight excluding hydrogens is 407 g/mol. The molecule has 25 heavy (non-hydrogen) atoms. The molecule has 2 N–H and O–H groups in total. The van der Waals surface area contributed by atoms with Crippen LogP contribution in [0.2, 0.25) is 10.0 Å². The maximum absolute atomic E-state index is 12.5. The molecule has 1 atom stereocenters. The Labute approximate surface area is 161 Å². The van der Waals surface area contributed by atoms with Crippen LogP contribution in [0.3, 0.4) is 0 Å². The third-order valence-electron chi connectivity index (χ3n) is 2.85. The molecule has 0 aliphatic heterocycles. The van der Waals surface area contributed by atoms with Crippen molar-refractivity contribution in [3.63, 3.8) is 0 Å². The van der Waals surface area contributed by atoms with Crippen molar-refractivity contribution in [3.8, 4) is 5.88 Å². The molecule has 1 aromatic heterocycles. The summed E-state index contributed by atoms with van der Waals surface area (Å²) >= 11 is 13.2. The molecule has 1 heterocycles. The number of carbonyl (C=O) groups is 1. The number of benzene rings is 1. The summed E-state index contributed by atoms with van der Waals surface area (Å²) in [6.45, 7) is 0. The van der Waals surface area contributed by atoms with Crippen LogP contribution in [0.25, 0.3) is 0 Å². The second-order valence-electron chi connectivity index (χ2n) is 4.45. The van der Waals surface area contributed by atoms with Gasteiger partial charge in [0, 0.05) is 7.05 Å². The van der Waals surface area contributed by atoms with Crippen LogP contribution >= 0.6 is 35.0 Å². The highest BCUT2D eigenvalue weighted by molar-refractivity contribution is 7.99. The monoisotopic (exact) mass is 420 g/mol. The molecule has 7 nitrogen and oxygen atoms in total. The molecular formula is C14H14Cl2N4O3S2. The number of halogens is 2. The van der Waals surface area contributed by atoms with E-state index in [1.807, 2.05) is 0 Å². The number of rotatable bonds is 7. The van der Waals surface area contributed by atoms with Gasteiger partial charge in [-0.25, -0.2) is 14.2 Å². The van der Waals surface area contributed by atoms with Crippen molar-refractivity contribution in [1.82, 2.24) is 15.3 Å². The Hall–Kier alpha value is -1.55. The number of thioether (sulfide) groups is 1. The molecule has 11 heteroatoms. The van der Waals surface area contributed by atoms with Gasteiger partial charge in [0.05, 0.1) is 34.0 Å². The number of amides is 1. The van der Waals surface area contributed by atoms with Crippen LogP contribution in [0, 0.1) is 0 Å². The van der Waals surface area contributed by atoms with Crippen molar-refractivity contribution >= 4 is 57.7 Å². The minimum atomic E-state index is -1.71. The number of carbonyl (C=O) groups excluding carboxylic acids is 1. The van der Waals surface area contributed by atoms with E-state index < -0.39 is 11.0 Å². The van der Waals surface area contributed by atoms with Crippen molar-refractivity contribution < 1.29 is 13.7 Å². The highest BCUT2D eigenvalue weighted by atomic mass is 35.5. The van der Waals surface area contributed by atoms with Gasteiger partial charge in [0.25, 0.3) is 5.88 Å². The largest absolute Gasteiger partial charge is 0.478 e. The summed E-state index contributed by atoms with van der Waals surface area (Å²) in [6.07, 6.45) is 1.45. The maximum atomic E-state index is 12.5. The molecule has 2 aromatic rings. The zero-order valence-corrected chi connectivity index (χ0v) is 16.4. The van der Waals surface area contributed by atoms with Crippen molar-refractivity contribution in [3.05, 3.63) is 34.4 Å². The third kappa shape index (κ3) is 5.21. The van der Waals surface area contributed by atoms with Crippen molar-refractivity contribution in [2.75, 3.05) is 24.6 Å². The van der Waals surface area contributed by atoms with E-state index in [2.05, 4.69) is 20.0 Å². The van der Waals surface area contributed by atoms with E-state index in [1.165, 1.54) is 25.1 Å². The van der Waals surface area contributed by atoms with Gasteiger partial charge in [0.2, 0.25) is 11.7 Å². The summed E-state index contributed by atoms with van der Waals surface area (Å²) in [6, 6.07) is 4.83. The van der Waals surface area contributed by atoms with Gasteiger partial charge in [-0.2, -0.15) is 0 Å². The molecule has 1 aromatic carbocycles. The first kappa shape index (κ1) is 19.8. The molecule has 0 radical (unpaired) electrons. The number of anilines is 1. The molecule has 0 spiro atoms. The molecule has 2 rings (SSSR count). The number of aromatic nitrogens is 2. The van der Waals surface area contributed by atoms with Crippen LogP contribution < -0.4 is 14.8 Å². The van der Waals surface area contributed by atoms with Gasteiger partial charge in [0.1, 0.15) is 5.03 Å². The summed E-state index contributed by atoms with van der Waals surface area (Å²) in [7, 11) is 1.26. The van der Waals surface area contributed by atoms with Crippen molar-refractivity contribution in [1.29, 1.82) is 0 Å². The lowest BCUT2D eigenvalue weighted by molar-refractivity contribution is -0.118. The van der Waals surface area contributed by atoms with Crippen LogP contribution in [0.4, 0.5) is 5.82 Å². The summed E-state index contributed by atoms with van der Waals surface area (Å²) < 4.78 is 20.3. The topological polar surface area (TPSA) is 93.2 Å². The Morgan fingerprint density at radius 2 is 2.16 bits per heavy atom. The zero-order valence-electron chi connectivity index (χ0n) is 13.2. The molecule has 0 fully saturated rings. The van der Waals surface area contributed by atoms with E-state index in [0.29, 0.717) is 14.9 Å². The molecule has 0 saturated carbocycles. The van der Waals surface area contributed by atoms with Crippen molar-refractivity contribution in [2.45, 2.75) is 9.92 Å². The summed E-state index contributed by atoms with van der Waals surface area (Å²) in [5.74, 6) is 0.393. The van der Waals surface area contributed by atoms with Gasteiger partial charge in [0.15, 0.2) is 11.0 Å². The van der Waals surface area contributed by atoms with Gasteiger partial charge in [-0.3, -0.25) is 9.52 Å². The van der Waals surface area contributed by atoms with E-state index in [-0.39, 0.29) is 28.4 Å². The molecule has 134 valence electrons. The SMILES string of the molecule is CNC(=O)CSc1cnc(NS(=O)c2cccc(Cl)c2Cl)c(OC)n1. The van der Waals surface area contributed by atoms with E-state index in [0.717, 1.165) is 0 Å². The van der Waals surface area contributed by atoms with E-state index in [9.17, 15) is 9.00 Å². The summed E-state index contributed by atoms with van der Waals surface area (Å²) in [4.78, 5) is 20.0. The van der Waals surface area contributed by atoms with E-state index in [1.54, 1.807) is 25.2 Å². The zero-order chi connectivity index (χ0) is 18.4. The standard InChI is InChI=1S/C14H14Cl2N4O3S2/c1-17-10(21)7-24-11-6-18-13(14(19-11)23-2)20-25(22)9-5-3-4-8(15)12(9)16/h3-6H,7H2,1-2H3,(H,17,21)(H,18,20). The molecule has 0 aliphatic carbocycles. The molecule has 1 amide bonds. The fraction of sp³-hybridized carbons (Fsp3) is 0.214. The first-order valence-electron chi connectivity index (χ1n) is 6.83. The number of hydrogen-bond donors (Lipinski definition) is 2. The van der Waals surface area contributed by atoms with Gasteiger partial charge >= 0.3 is 0 Å². The lowest BCUT2D eigenvalue weighted by Gasteiger charge is -2.11. The predicted molar refractivity (Wildman–Crippen MR) is 99.9 cm³/mol. The molecule has 0 aliphatic rings. The lowest BCUT2D eigenvalue weighted by atomic mass is 10.4. The highest BCUT2D eigenvalue weighted by Crippen LogP contribution is 2.30. The lowest BCUT2D eigenvalue weighted by Crippen LogP contribution is -2.19. The van der Waals surface area contributed by atoms with Gasteiger partial charge in [-0.05, 0) is 12.1 Å². The van der Waals surface area contributed by atoms with Gasteiger partial charge in [-0.1, -0.05) is 41.0 Å². The highest BCUT2D eigenvalue weighted by Gasteiger charge is 2.16. The number of nitrogens with one attached hydrogen (secondary N) is 2. The Balaban J connectivity index is 2.17. The number of nitrogens with zero attached hydrogens (tertiary/aromatic N) is 2. The smallest absolute Gasteiger partial charge is 0.259 e. The molecule has 1 unspecified atom stereocenters. The maximum Gasteiger partial charge on any atom is 0.259 e. The Kier molecular flexibility index (Phi) is 7.30. The number of methoxy groups -OCH3 is 1. The van der Waals surface area contributed by atoms with Gasteiger partial charge in [-0.15, -0.1) is 0 Å². The Morgan fingerprint density at radius 3 is 2.84 bits per heavy atom. The van der Waals surface area contributed by atoms with Crippen LogP contribution in [0.15, 0.2) is 34.3 Å². The molecule has 0 bridgehead atoms. The fourth-order valence-electron chi connectivity index (χ4n) is 1.62. The fourth-order valence-corrected chi connectivity index (χ4v) is 3.79. The Bertz CT molecular complexity index is 808. The predicted octanol–water partition coefficient (Wildman–Crippen LogP) is 2.76.